The average molecular weight is 326 g/mol. The fourth-order valence-electron chi connectivity index (χ4n) is 1.92. The number of halogens is 4. The van der Waals surface area contributed by atoms with Gasteiger partial charge >= 0.3 is 6.36 Å². The molecule has 0 fully saturated rings. The number of benzene rings is 2. The Bertz CT molecular complexity index is 795. The van der Waals surface area contributed by atoms with Gasteiger partial charge in [-0.05, 0) is 23.8 Å². The zero-order valence-electron chi connectivity index (χ0n) is 11.1. The Balaban J connectivity index is 2.50. The van der Waals surface area contributed by atoms with Gasteiger partial charge in [0.25, 0.3) is 5.69 Å². The van der Waals surface area contributed by atoms with Crippen molar-refractivity contribution < 1.29 is 27.2 Å². The van der Waals surface area contributed by atoms with Crippen molar-refractivity contribution in [1.82, 2.24) is 0 Å². The van der Waals surface area contributed by atoms with Gasteiger partial charge in [0.1, 0.15) is 23.2 Å². The lowest BCUT2D eigenvalue weighted by atomic mass is 9.98. The van der Waals surface area contributed by atoms with E-state index in [1.165, 1.54) is 0 Å². The van der Waals surface area contributed by atoms with Gasteiger partial charge in [-0.15, -0.1) is 13.2 Å². The minimum atomic E-state index is -4.86. The van der Waals surface area contributed by atoms with Crippen molar-refractivity contribution in [2.24, 2.45) is 0 Å². The third-order valence-corrected chi connectivity index (χ3v) is 2.79. The first-order valence-electron chi connectivity index (χ1n) is 5.95. The van der Waals surface area contributed by atoms with Crippen molar-refractivity contribution >= 4 is 5.69 Å². The van der Waals surface area contributed by atoms with Crippen LogP contribution < -0.4 is 4.74 Å². The van der Waals surface area contributed by atoms with Gasteiger partial charge in [0, 0.05) is 5.56 Å². The highest BCUT2D eigenvalue weighted by atomic mass is 19.4. The Morgan fingerprint density at radius 1 is 1.17 bits per heavy atom. The summed E-state index contributed by atoms with van der Waals surface area (Å²) in [5.74, 6) is -1.45. The number of hydrogen-bond acceptors (Lipinski definition) is 4. The van der Waals surface area contributed by atoms with E-state index in [-0.39, 0.29) is 16.7 Å². The van der Waals surface area contributed by atoms with Crippen LogP contribution in [0, 0.1) is 27.3 Å². The van der Waals surface area contributed by atoms with Gasteiger partial charge in [-0.1, -0.05) is 12.1 Å². The van der Waals surface area contributed by atoms with Crippen LogP contribution in [-0.4, -0.2) is 11.3 Å². The van der Waals surface area contributed by atoms with E-state index in [1.54, 1.807) is 6.07 Å². The third kappa shape index (κ3) is 3.74. The Hall–Kier alpha value is -3.15. The summed E-state index contributed by atoms with van der Waals surface area (Å²) >= 11 is 0. The van der Waals surface area contributed by atoms with Gasteiger partial charge in [-0.3, -0.25) is 10.1 Å². The number of hydrogen-bond donors (Lipinski definition) is 0. The summed E-state index contributed by atoms with van der Waals surface area (Å²) in [5.41, 5.74) is -1.07. The third-order valence-electron chi connectivity index (χ3n) is 2.79. The molecule has 0 atom stereocenters. The van der Waals surface area contributed by atoms with Crippen molar-refractivity contribution in [3.63, 3.8) is 0 Å². The number of nitro groups is 1. The van der Waals surface area contributed by atoms with Crippen LogP contribution in [0.1, 0.15) is 5.56 Å². The second-order valence-electron chi connectivity index (χ2n) is 4.29. The number of alkyl halides is 3. The maximum atomic E-state index is 13.5. The smallest absolute Gasteiger partial charge is 0.406 e. The fraction of sp³-hybridized carbons (Fsp3) is 0.0714. The van der Waals surface area contributed by atoms with E-state index in [0.717, 1.165) is 30.3 Å². The molecule has 2 rings (SSSR count). The molecule has 0 aliphatic carbocycles. The van der Waals surface area contributed by atoms with E-state index < -0.39 is 28.5 Å². The standard InChI is InChI=1S/C14H6F4N2O3/c15-9-5-11(12(7-19)13(6-9)20(21)22)8-1-3-10(4-2-8)23-14(16,17)18/h1-6H. The molecule has 9 heteroatoms. The van der Waals surface area contributed by atoms with E-state index in [9.17, 15) is 27.7 Å². The van der Waals surface area contributed by atoms with Crippen molar-refractivity contribution in [1.29, 1.82) is 5.26 Å². The lowest BCUT2D eigenvalue weighted by molar-refractivity contribution is -0.385. The summed E-state index contributed by atoms with van der Waals surface area (Å²) in [6, 6.07) is 7.30. The molecule has 0 bridgehead atoms. The molecule has 0 aliphatic heterocycles. The predicted octanol–water partition coefficient (Wildman–Crippen LogP) is 4.17. The van der Waals surface area contributed by atoms with Crippen molar-refractivity contribution in [2.45, 2.75) is 6.36 Å². The van der Waals surface area contributed by atoms with Gasteiger partial charge in [-0.2, -0.15) is 5.26 Å². The Labute approximate surface area is 126 Å². The maximum absolute atomic E-state index is 13.5. The summed E-state index contributed by atoms with van der Waals surface area (Å²) in [5, 5.41) is 19.9. The quantitative estimate of drug-likeness (QED) is 0.482. The first-order chi connectivity index (χ1) is 10.7. The topological polar surface area (TPSA) is 76.2 Å². The summed E-state index contributed by atoms with van der Waals surface area (Å²) in [6.07, 6.45) is -4.86. The van der Waals surface area contributed by atoms with Crippen LogP contribution in [0.2, 0.25) is 0 Å². The number of nitro benzene ring substituents is 1. The zero-order valence-corrected chi connectivity index (χ0v) is 11.1. The van der Waals surface area contributed by atoms with Crippen LogP contribution in [0.3, 0.4) is 0 Å². The Morgan fingerprint density at radius 2 is 1.78 bits per heavy atom. The van der Waals surface area contributed by atoms with Gasteiger partial charge < -0.3 is 4.74 Å². The van der Waals surface area contributed by atoms with Crippen LogP contribution in [0.15, 0.2) is 36.4 Å². The second-order valence-corrected chi connectivity index (χ2v) is 4.29. The van der Waals surface area contributed by atoms with Crippen LogP contribution >= 0.6 is 0 Å². The molecule has 0 unspecified atom stereocenters. The molecule has 2 aromatic carbocycles. The predicted molar refractivity (Wildman–Crippen MR) is 69.9 cm³/mol. The number of nitriles is 1. The van der Waals surface area contributed by atoms with Gasteiger partial charge in [0.15, 0.2) is 0 Å². The zero-order chi connectivity index (χ0) is 17.2. The molecule has 0 aliphatic rings. The highest BCUT2D eigenvalue weighted by Crippen LogP contribution is 2.33. The van der Waals surface area contributed by atoms with Crippen molar-refractivity contribution in [2.75, 3.05) is 0 Å². The van der Waals surface area contributed by atoms with E-state index in [4.69, 9.17) is 5.26 Å². The number of ether oxygens (including phenoxy) is 1. The minimum absolute atomic E-state index is 0.0993. The fourth-order valence-corrected chi connectivity index (χ4v) is 1.92. The second kappa shape index (κ2) is 5.92. The summed E-state index contributed by atoms with van der Waals surface area (Å²) in [6.45, 7) is 0. The summed E-state index contributed by atoms with van der Waals surface area (Å²) in [4.78, 5) is 9.96. The molecule has 0 saturated carbocycles. The van der Waals surface area contributed by atoms with Gasteiger partial charge in [0.05, 0.1) is 11.0 Å². The largest absolute Gasteiger partial charge is 0.573 e. The lowest BCUT2D eigenvalue weighted by Crippen LogP contribution is -2.16. The van der Waals surface area contributed by atoms with Crippen LogP contribution in [0.5, 0.6) is 5.75 Å². The summed E-state index contributed by atoms with van der Waals surface area (Å²) < 4.78 is 53.5. The normalized spacial score (nSPS) is 10.9. The molecule has 0 amide bonds. The molecule has 0 saturated heterocycles. The van der Waals surface area contributed by atoms with Crippen LogP contribution in [-0.2, 0) is 0 Å². The molecule has 2 aromatic rings. The molecular weight excluding hydrogens is 320 g/mol. The number of rotatable bonds is 3. The highest BCUT2D eigenvalue weighted by molar-refractivity contribution is 5.75. The molecule has 0 heterocycles. The summed E-state index contributed by atoms with van der Waals surface area (Å²) in [7, 11) is 0. The number of nitrogens with zero attached hydrogens (tertiary/aromatic N) is 2. The minimum Gasteiger partial charge on any atom is -0.406 e. The monoisotopic (exact) mass is 326 g/mol. The average Bonchev–Trinajstić information content (AvgIpc) is 2.45. The van der Waals surface area contributed by atoms with E-state index in [1.807, 2.05) is 0 Å². The van der Waals surface area contributed by atoms with Gasteiger partial charge in [0.2, 0.25) is 0 Å². The molecule has 0 aromatic heterocycles. The first kappa shape index (κ1) is 16.2. The van der Waals surface area contributed by atoms with E-state index in [2.05, 4.69) is 4.74 Å². The van der Waals surface area contributed by atoms with Crippen molar-refractivity contribution in [3.05, 3.63) is 57.9 Å². The molecule has 118 valence electrons. The molecule has 0 radical (unpaired) electrons. The molecule has 5 nitrogen and oxygen atoms in total. The molecular formula is C14H6F4N2O3. The SMILES string of the molecule is N#Cc1c(-c2ccc(OC(F)(F)F)cc2)cc(F)cc1[N+](=O)[O-]. The van der Waals surface area contributed by atoms with Crippen LogP contribution in [0.4, 0.5) is 23.2 Å². The highest BCUT2D eigenvalue weighted by Gasteiger charge is 2.31. The van der Waals surface area contributed by atoms with Crippen molar-refractivity contribution in [3.8, 4) is 22.9 Å². The molecule has 23 heavy (non-hydrogen) atoms. The molecule has 0 spiro atoms. The first-order valence-corrected chi connectivity index (χ1v) is 5.95. The van der Waals surface area contributed by atoms with E-state index >= 15 is 0 Å². The van der Waals surface area contributed by atoms with E-state index in [0.29, 0.717) is 6.07 Å². The van der Waals surface area contributed by atoms with Crippen LogP contribution in [0.25, 0.3) is 11.1 Å². The van der Waals surface area contributed by atoms with Gasteiger partial charge in [-0.25, -0.2) is 4.39 Å². The lowest BCUT2D eigenvalue weighted by Gasteiger charge is -2.10. The molecule has 0 N–H and O–H groups in total. The Morgan fingerprint density at radius 3 is 2.26 bits per heavy atom. The maximum Gasteiger partial charge on any atom is 0.573 e. The Kier molecular flexibility index (Phi) is 4.18.